The normalized spacial score (nSPS) is 12.3. The number of hydrogen-bond donors (Lipinski definition) is 1. The van der Waals surface area contributed by atoms with Crippen LogP contribution in [0.4, 0.5) is 5.69 Å². The van der Waals surface area contributed by atoms with Crippen molar-refractivity contribution >= 4 is 26.7 Å². The number of nitrogens with one attached hydrogen (secondary N) is 1. The summed E-state index contributed by atoms with van der Waals surface area (Å²) in [5, 5.41) is 4.61. The molecule has 0 aromatic carbocycles. The maximum absolute atomic E-state index is 11.8. The Balaban J connectivity index is 2.46. The topological polar surface area (TPSA) is 76.9 Å². The predicted molar refractivity (Wildman–Crippen MR) is 70.9 cm³/mol. The number of pyridine rings is 1. The van der Waals surface area contributed by atoms with Gasteiger partial charge in [0, 0.05) is 12.4 Å². The van der Waals surface area contributed by atoms with Crippen molar-refractivity contribution in [1.29, 1.82) is 0 Å². The van der Waals surface area contributed by atoms with Crippen LogP contribution in [0, 0.1) is 6.92 Å². The first-order chi connectivity index (χ1) is 8.31. The average molecular weight is 268 g/mol. The Morgan fingerprint density at radius 3 is 2.67 bits per heavy atom. The van der Waals surface area contributed by atoms with Gasteiger partial charge < -0.3 is 0 Å². The van der Waals surface area contributed by atoms with E-state index < -0.39 is 15.3 Å². The molecule has 2 heterocycles. The van der Waals surface area contributed by atoms with Gasteiger partial charge in [-0.1, -0.05) is 0 Å². The first kappa shape index (κ1) is 12.8. The monoisotopic (exact) mass is 268 g/mol. The second-order valence-corrected chi connectivity index (χ2v) is 6.74. The van der Waals surface area contributed by atoms with Gasteiger partial charge in [0.25, 0.3) is 0 Å². The lowest BCUT2D eigenvalue weighted by Crippen LogP contribution is -2.22. The SMILES string of the molecule is Cc1nn(C)c2ncc(NS(=O)(=O)C(C)C)cc12. The highest BCUT2D eigenvalue weighted by Gasteiger charge is 2.16. The number of anilines is 1. The van der Waals surface area contributed by atoms with Crippen molar-refractivity contribution in [2.24, 2.45) is 7.05 Å². The minimum Gasteiger partial charge on any atom is -0.282 e. The molecule has 7 heteroatoms. The third-order valence-electron chi connectivity index (χ3n) is 2.74. The summed E-state index contributed by atoms with van der Waals surface area (Å²) in [7, 11) is -1.54. The molecule has 2 aromatic heterocycles. The molecule has 18 heavy (non-hydrogen) atoms. The van der Waals surface area contributed by atoms with E-state index in [0.29, 0.717) is 5.69 Å². The van der Waals surface area contributed by atoms with Crippen LogP contribution in [0.2, 0.25) is 0 Å². The molecule has 0 amide bonds. The zero-order chi connectivity index (χ0) is 13.5. The lowest BCUT2D eigenvalue weighted by molar-refractivity contribution is 0.593. The van der Waals surface area contributed by atoms with E-state index >= 15 is 0 Å². The third kappa shape index (κ3) is 2.17. The van der Waals surface area contributed by atoms with E-state index in [4.69, 9.17) is 0 Å². The Labute approximate surface area is 106 Å². The molecular weight excluding hydrogens is 252 g/mol. The molecule has 0 saturated heterocycles. The van der Waals surface area contributed by atoms with Crippen LogP contribution in [0.25, 0.3) is 11.0 Å². The summed E-state index contributed by atoms with van der Waals surface area (Å²) in [5.74, 6) is 0. The molecule has 1 N–H and O–H groups in total. The number of fused-ring (bicyclic) bond motifs is 1. The van der Waals surface area contributed by atoms with Crippen molar-refractivity contribution in [2.45, 2.75) is 26.0 Å². The second-order valence-electron chi connectivity index (χ2n) is 4.50. The lowest BCUT2D eigenvalue weighted by atomic mass is 10.3. The maximum Gasteiger partial charge on any atom is 0.235 e. The van der Waals surface area contributed by atoms with Crippen LogP contribution in [-0.2, 0) is 17.1 Å². The molecule has 0 bridgehead atoms. The van der Waals surface area contributed by atoms with Crippen molar-refractivity contribution in [3.8, 4) is 0 Å². The number of sulfonamides is 1. The Bertz CT molecular complexity index is 688. The van der Waals surface area contributed by atoms with Crippen LogP contribution in [0.3, 0.4) is 0 Å². The Morgan fingerprint density at radius 1 is 1.39 bits per heavy atom. The standard InChI is InChI=1S/C11H16N4O2S/c1-7(2)18(16,17)14-9-5-10-8(3)13-15(4)11(10)12-6-9/h5-7,14H,1-4H3. The highest BCUT2D eigenvalue weighted by molar-refractivity contribution is 7.93. The van der Waals surface area contributed by atoms with Gasteiger partial charge in [0.2, 0.25) is 10.0 Å². The summed E-state index contributed by atoms with van der Waals surface area (Å²) < 4.78 is 27.7. The lowest BCUT2D eigenvalue weighted by Gasteiger charge is -2.10. The van der Waals surface area contributed by atoms with Gasteiger partial charge in [-0.15, -0.1) is 0 Å². The highest BCUT2D eigenvalue weighted by Crippen LogP contribution is 2.20. The molecular formula is C11H16N4O2S. The molecule has 98 valence electrons. The van der Waals surface area contributed by atoms with Crippen molar-refractivity contribution in [1.82, 2.24) is 14.8 Å². The van der Waals surface area contributed by atoms with E-state index in [1.165, 1.54) is 6.20 Å². The third-order valence-corrected chi connectivity index (χ3v) is 4.51. The zero-order valence-corrected chi connectivity index (χ0v) is 11.6. The zero-order valence-electron chi connectivity index (χ0n) is 10.8. The molecule has 0 spiro atoms. The summed E-state index contributed by atoms with van der Waals surface area (Å²) in [6.45, 7) is 5.12. The maximum atomic E-state index is 11.8. The van der Waals surface area contributed by atoms with Crippen LogP contribution in [0.5, 0.6) is 0 Å². The quantitative estimate of drug-likeness (QED) is 0.913. The van der Waals surface area contributed by atoms with Crippen molar-refractivity contribution in [3.05, 3.63) is 18.0 Å². The summed E-state index contributed by atoms with van der Waals surface area (Å²) in [5.41, 5.74) is 2.03. The molecule has 6 nitrogen and oxygen atoms in total. The minimum absolute atomic E-state index is 0.465. The molecule has 2 rings (SSSR count). The van der Waals surface area contributed by atoms with E-state index in [0.717, 1.165) is 16.7 Å². The first-order valence-electron chi connectivity index (χ1n) is 5.62. The molecule has 0 fully saturated rings. The minimum atomic E-state index is -3.34. The summed E-state index contributed by atoms with van der Waals surface area (Å²) >= 11 is 0. The van der Waals surface area contributed by atoms with E-state index in [1.54, 1.807) is 31.6 Å². The fraction of sp³-hybridized carbons (Fsp3) is 0.455. The molecule has 2 aromatic rings. The molecule has 0 aliphatic rings. The van der Waals surface area contributed by atoms with Crippen LogP contribution < -0.4 is 4.72 Å². The van der Waals surface area contributed by atoms with E-state index in [2.05, 4.69) is 14.8 Å². The second kappa shape index (κ2) is 4.24. The van der Waals surface area contributed by atoms with Crippen molar-refractivity contribution < 1.29 is 8.42 Å². The van der Waals surface area contributed by atoms with E-state index in [-0.39, 0.29) is 0 Å². The summed E-state index contributed by atoms with van der Waals surface area (Å²) in [6, 6.07) is 1.75. The summed E-state index contributed by atoms with van der Waals surface area (Å²) in [4.78, 5) is 4.22. The van der Waals surface area contributed by atoms with Gasteiger partial charge in [0.1, 0.15) is 0 Å². The Hall–Kier alpha value is -1.63. The molecule has 0 atom stereocenters. The van der Waals surface area contributed by atoms with Crippen molar-refractivity contribution in [3.63, 3.8) is 0 Å². The van der Waals surface area contributed by atoms with Gasteiger partial charge in [-0.3, -0.25) is 9.40 Å². The fourth-order valence-electron chi connectivity index (χ4n) is 1.65. The van der Waals surface area contributed by atoms with Crippen LogP contribution >= 0.6 is 0 Å². The molecule has 0 radical (unpaired) electrons. The van der Waals surface area contributed by atoms with Crippen LogP contribution in [0.15, 0.2) is 12.3 Å². The smallest absolute Gasteiger partial charge is 0.235 e. The van der Waals surface area contributed by atoms with Gasteiger partial charge in [0.15, 0.2) is 5.65 Å². The van der Waals surface area contributed by atoms with E-state index in [1.807, 2.05) is 6.92 Å². The van der Waals surface area contributed by atoms with Crippen LogP contribution in [0.1, 0.15) is 19.5 Å². The number of hydrogen-bond acceptors (Lipinski definition) is 4. The van der Waals surface area contributed by atoms with Gasteiger partial charge in [-0.25, -0.2) is 13.4 Å². The first-order valence-corrected chi connectivity index (χ1v) is 7.17. The number of nitrogens with zero attached hydrogens (tertiary/aromatic N) is 3. The Morgan fingerprint density at radius 2 is 2.06 bits per heavy atom. The van der Waals surface area contributed by atoms with Gasteiger partial charge in [0.05, 0.1) is 22.8 Å². The molecule has 0 aliphatic heterocycles. The molecule has 0 saturated carbocycles. The molecule has 0 aliphatic carbocycles. The van der Waals surface area contributed by atoms with Crippen molar-refractivity contribution in [2.75, 3.05) is 4.72 Å². The predicted octanol–water partition coefficient (Wildman–Crippen LogP) is 1.43. The fourth-order valence-corrected chi connectivity index (χ4v) is 2.32. The molecule has 0 unspecified atom stereocenters. The Kier molecular flexibility index (Phi) is 3.02. The number of aryl methyl sites for hydroxylation is 2. The van der Waals surface area contributed by atoms with Crippen LogP contribution in [-0.4, -0.2) is 28.4 Å². The van der Waals surface area contributed by atoms with Gasteiger partial charge in [-0.2, -0.15) is 5.10 Å². The van der Waals surface area contributed by atoms with Gasteiger partial charge in [-0.05, 0) is 26.8 Å². The average Bonchev–Trinajstić information content (AvgIpc) is 2.54. The number of rotatable bonds is 3. The van der Waals surface area contributed by atoms with Gasteiger partial charge >= 0.3 is 0 Å². The van der Waals surface area contributed by atoms with E-state index in [9.17, 15) is 8.42 Å². The number of aromatic nitrogens is 3. The largest absolute Gasteiger partial charge is 0.282 e. The summed E-state index contributed by atoms with van der Waals surface area (Å²) in [6.07, 6.45) is 1.50. The highest BCUT2D eigenvalue weighted by atomic mass is 32.2.